The Morgan fingerprint density at radius 3 is 0.800 bits per heavy atom. The van der Waals surface area contributed by atoms with Crippen LogP contribution in [0.25, 0.3) is 0 Å². The SMILES string of the molecule is CCCCCCCCCCCCCCCCCC/C=C/C(O)C(CO)NC(=O)CCCCCCCCCCCCCCCCCCCCCCCCCCCCCCCCCCCCCOC(=O)CCCCCCCCCCCCCCCCC. The van der Waals surface area contributed by atoms with Gasteiger partial charge in [-0.2, -0.15) is 0 Å². The molecule has 0 aromatic heterocycles. The highest BCUT2D eigenvalue weighted by Crippen LogP contribution is 2.20. The summed E-state index contributed by atoms with van der Waals surface area (Å²) in [5.41, 5.74) is 0. The first-order chi connectivity index (χ1) is 42.0. The zero-order valence-electron chi connectivity index (χ0n) is 58.1. The number of rotatable bonds is 75. The van der Waals surface area contributed by atoms with Gasteiger partial charge in [-0.1, -0.05) is 424 Å². The van der Waals surface area contributed by atoms with Crippen LogP contribution in [0.5, 0.6) is 0 Å². The van der Waals surface area contributed by atoms with Gasteiger partial charge < -0.3 is 20.3 Å². The van der Waals surface area contributed by atoms with Gasteiger partial charge in [0.1, 0.15) is 0 Å². The largest absolute Gasteiger partial charge is 0.466 e. The molecule has 1 amide bonds. The minimum Gasteiger partial charge on any atom is -0.466 e. The average molecular weight is 1200 g/mol. The molecule has 0 aromatic rings. The fourth-order valence-electron chi connectivity index (χ4n) is 12.8. The Morgan fingerprint density at radius 1 is 0.318 bits per heavy atom. The van der Waals surface area contributed by atoms with Gasteiger partial charge in [-0.15, -0.1) is 0 Å². The molecule has 0 aliphatic carbocycles. The summed E-state index contributed by atoms with van der Waals surface area (Å²) in [6.07, 6.45) is 94.8. The highest BCUT2D eigenvalue weighted by molar-refractivity contribution is 5.76. The Bertz CT molecular complexity index is 1290. The normalized spacial score (nSPS) is 12.5. The van der Waals surface area contributed by atoms with Crippen LogP contribution in [0.2, 0.25) is 0 Å². The molecule has 0 bridgehead atoms. The molecular formula is C79H155NO5. The van der Waals surface area contributed by atoms with Crippen LogP contribution < -0.4 is 5.32 Å². The Hall–Kier alpha value is -1.40. The molecule has 0 fully saturated rings. The number of allylic oxidation sites excluding steroid dienone is 1. The van der Waals surface area contributed by atoms with Crippen LogP contribution in [0.1, 0.15) is 457 Å². The quantitative estimate of drug-likeness (QED) is 0.0320. The molecule has 0 saturated heterocycles. The molecule has 2 atom stereocenters. The second-order valence-corrected chi connectivity index (χ2v) is 27.4. The Morgan fingerprint density at radius 2 is 0.541 bits per heavy atom. The van der Waals surface area contributed by atoms with Gasteiger partial charge in [-0.05, 0) is 32.1 Å². The molecule has 6 nitrogen and oxygen atoms in total. The van der Waals surface area contributed by atoms with Crippen molar-refractivity contribution in [2.24, 2.45) is 0 Å². The highest BCUT2D eigenvalue weighted by atomic mass is 16.5. The van der Waals surface area contributed by atoms with Crippen molar-refractivity contribution < 1.29 is 24.5 Å². The summed E-state index contributed by atoms with van der Waals surface area (Å²) in [6.45, 7) is 4.96. The second kappa shape index (κ2) is 75.1. The second-order valence-electron chi connectivity index (χ2n) is 27.4. The number of amides is 1. The number of unbranched alkanes of at least 4 members (excludes halogenated alkanes) is 64. The molecule has 0 aliphatic heterocycles. The van der Waals surface area contributed by atoms with E-state index in [0.717, 1.165) is 38.5 Å². The number of aliphatic hydroxyl groups excluding tert-OH is 2. The van der Waals surface area contributed by atoms with Gasteiger partial charge >= 0.3 is 5.97 Å². The van der Waals surface area contributed by atoms with Gasteiger partial charge in [0.25, 0.3) is 0 Å². The standard InChI is InChI=1S/C79H155NO5/c1-3-5-7-9-11-13-15-17-19-20-40-44-47-51-55-59-63-67-71-77(82)76(75-81)80-78(83)72-68-64-60-56-52-48-45-41-38-36-34-32-30-28-26-24-22-21-23-25-27-29-31-33-35-37-39-42-46-50-54-58-62-66-70-74-85-79(84)73-69-65-61-57-53-49-43-18-16-14-12-10-8-6-4-2/h67,71,76-77,81-82H,3-66,68-70,72-75H2,1-2H3,(H,80,83)/b71-67+. The van der Waals surface area contributed by atoms with Crippen molar-refractivity contribution in [3.8, 4) is 0 Å². The van der Waals surface area contributed by atoms with Gasteiger partial charge in [0, 0.05) is 12.8 Å². The number of ether oxygens (including phenoxy) is 1. The van der Waals surface area contributed by atoms with Crippen molar-refractivity contribution in [1.82, 2.24) is 5.32 Å². The molecule has 506 valence electrons. The molecule has 0 saturated carbocycles. The lowest BCUT2D eigenvalue weighted by atomic mass is 10.0. The molecular weight excluding hydrogens is 1040 g/mol. The van der Waals surface area contributed by atoms with Gasteiger partial charge in [-0.25, -0.2) is 0 Å². The number of hydrogen-bond acceptors (Lipinski definition) is 5. The summed E-state index contributed by atoms with van der Waals surface area (Å²) < 4.78 is 5.51. The first-order valence-electron chi connectivity index (χ1n) is 39.5. The molecule has 85 heavy (non-hydrogen) atoms. The summed E-state index contributed by atoms with van der Waals surface area (Å²) in [5.74, 6) is -0.0318. The number of esters is 1. The molecule has 6 heteroatoms. The van der Waals surface area contributed by atoms with E-state index in [-0.39, 0.29) is 18.5 Å². The van der Waals surface area contributed by atoms with E-state index in [1.807, 2.05) is 6.08 Å². The lowest BCUT2D eigenvalue weighted by molar-refractivity contribution is -0.143. The minimum atomic E-state index is -0.840. The maximum absolute atomic E-state index is 12.5. The summed E-state index contributed by atoms with van der Waals surface area (Å²) in [7, 11) is 0. The first kappa shape index (κ1) is 83.6. The lowest BCUT2D eigenvalue weighted by Gasteiger charge is -2.20. The van der Waals surface area contributed by atoms with E-state index in [9.17, 15) is 19.8 Å². The van der Waals surface area contributed by atoms with E-state index in [2.05, 4.69) is 19.2 Å². The van der Waals surface area contributed by atoms with Crippen molar-refractivity contribution in [2.45, 2.75) is 469 Å². The number of carbonyl (C=O) groups is 2. The number of hydrogen-bond donors (Lipinski definition) is 3. The van der Waals surface area contributed by atoms with E-state index >= 15 is 0 Å². The minimum absolute atomic E-state index is 0.0264. The fraction of sp³-hybridized carbons (Fsp3) is 0.949. The average Bonchev–Trinajstić information content (AvgIpc) is 3.54. The Balaban J connectivity index is 3.31. The van der Waals surface area contributed by atoms with Crippen LogP contribution in [-0.4, -0.2) is 47.4 Å². The van der Waals surface area contributed by atoms with Crippen molar-refractivity contribution in [3.05, 3.63) is 12.2 Å². The third-order valence-corrected chi connectivity index (χ3v) is 18.8. The molecule has 0 aliphatic rings. The third-order valence-electron chi connectivity index (χ3n) is 18.8. The first-order valence-corrected chi connectivity index (χ1v) is 39.5. The van der Waals surface area contributed by atoms with Gasteiger partial charge in [0.05, 0.1) is 25.4 Å². The highest BCUT2D eigenvalue weighted by Gasteiger charge is 2.18. The van der Waals surface area contributed by atoms with E-state index in [4.69, 9.17) is 4.74 Å². The molecule has 0 heterocycles. The van der Waals surface area contributed by atoms with Crippen LogP contribution in [-0.2, 0) is 14.3 Å². The van der Waals surface area contributed by atoms with Crippen molar-refractivity contribution in [1.29, 1.82) is 0 Å². The van der Waals surface area contributed by atoms with Crippen molar-refractivity contribution in [3.63, 3.8) is 0 Å². The Labute approximate surface area is 533 Å². The zero-order chi connectivity index (χ0) is 61.3. The summed E-state index contributed by atoms with van der Waals surface area (Å²) in [5, 5.41) is 23.2. The van der Waals surface area contributed by atoms with Crippen LogP contribution in [0.15, 0.2) is 12.2 Å². The predicted molar refractivity (Wildman–Crippen MR) is 375 cm³/mol. The third kappa shape index (κ3) is 71.6. The van der Waals surface area contributed by atoms with E-state index in [0.29, 0.717) is 19.4 Å². The monoisotopic (exact) mass is 1200 g/mol. The fourth-order valence-corrected chi connectivity index (χ4v) is 12.8. The van der Waals surface area contributed by atoms with Crippen LogP contribution in [0, 0.1) is 0 Å². The molecule has 3 N–H and O–H groups in total. The maximum atomic E-state index is 12.5. The van der Waals surface area contributed by atoms with Crippen LogP contribution >= 0.6 is 0 Å². The zero-order valence-corrected chi connectivity index (χ0v) is 58.1. The summed E-state index contributed by atoms with van der Waals surface area (Å²) in [6, 6.07) is -0.623. The van der Waals surface area contributed by atoms with Crippen LogP contribution in [0.4, 0.5) is 0 Å². The van der Waals surface area contributed by atoms with Crippen molar-refractivity contribution >= 4 is 11.9 Å². The topological polar surface area (TPSA) is 95.9 Å². The van der Waals surface area contributed by atoms with Gasteiger partial charge in [0.2, 0.25) is 5.91 Å². The Kier molecular flexibility index (Phi) is 73.8. The van der Waals surface area contributed by atoms with Gasteiger partial charge in [0.15, 0.2) is 0 Å². The molecule has 0 aromatic carbocycles. The molecule has 0 rings (SSSR count). The smallest absolute Gasteiger partial charge is 0.305 e. The van der Waals surface area contributed by atoms with Crippen LogP contribution in [0.3, 0.4) is 0 Å². The van der Waals surface area contributed by atoms with Gasteiger partial charge in [-0.3, -0.25) is 9.59 Å². The van der Waals surface area contributed by atoms with Crippen molar-refractivity contribution in [2.75, 3.05) is 13.2 Å². The van der Waals surface area contributed by atoms with E-state index in [1.165, 1.54) is 392 Å². The maximum Gasteiger partial charge on any atom is 0.305 e. The van der Waals surface area contributed by atoms with E-state index in [1.54, 1.807) is 6.08 Å². The molecule has 0 radical (unpaired) electrons. The number of nitrogens with one attached hydrogen (secondary N) is 1. The number of aliphatic hydroxyl groups is 2. The summed E-state index contributed by atoms with van der Waals surface area (Å²) in [4.78, 5) is 24.6. The summed E-state index contributed by atoms with van der Waals surface area (Å²) >= 11 is 0. The van der Waals surface area contributed by atoms with E-state index < -0.39 is 12.1 Å². The predicted octanol–water partition coefficient (Wildman–Crippen LogP) is 25.9. The molecule has 2 unspecified atom stereocenters. The molecule has 0 spiro atoms. The number of carbonyl (C=O) groups excluding carboxylic acids is 2. The lowest BCUT2D eigenvalue weighted by Crippen LogP contribution is -2.45.